The molecular weight excluding hydrogens is 491 g/mol. The van der Waals surface area contributed by atoms with Crippen LogP contribution in [0, 0.1) is 17.8 Å². The molecule has 0 radical (unpaired) electrons. The van der Waals surface area contributed by atoms with Gasteiger partial charge in [-0.2, -0.15) is 0 Å². The van der Waals surface area contributed by atoms with Crippen LogP contribution in [0.5, 0.6) is 17.2 Å². The normalized spacial score (nSPS) is 33.1. The Morgan fingerprint density at radius 3 is 2.66 bits per heavy atom. The van der Waals surface area contributed by atoms with Crippen LogP contribution in [0.4, 0.5) is 0 Å². The minimum Gasteiger partial charge on any atom is -0.504 e. The van der Waals surface area contributed by atoms with E-state index in [1.165, 1.54) is 24.9 Å². The molecule has 3 fully saturated rings. The zero-order chi connectivity index (χ0) is 23.1. The fourth-order valence-electron chi connectivity index (χ4n) is 7.67. The summed E-state index contributed by atoms with van der Waals surface area (Å²) in [5.41, 5.74) is 2.14. The summed E-state index contributed by atoms with van der Waals surface area (Å²) in [7, 11) is 1.68. The number of methoxy groups -OCH3 is 1. The lowest BCUT2D eigenvalue weighted by atomic mass is 9.51. The molecule has 5 aliphatic rings. The first-order chi connectivity index (χ1) is 15.8. The Bertz CT molecular complexity index is 987. The number of nitrogens with one attached hydrogen (secondary N) is 1. The molecule has 6 rings (SSSR count). The Labute approximate surface area is 219 Å². The first-order valence-electron chi connectivity index (χ1n) is 12.7. The summed E-state index contributed by atoms with van der Waals surface area (Å²) < 4.78 is 12.4. The molecule has 1 spiro atoms. The van der Waals surface area contributed by atoms with Crippen LogP contribution < -0.4 is 14.8 Å². The van der Waals surface area contributed by atoms with Crippen molar-refractivity contribution in [3.8, 4) is 17.2 Å². The first kappa shape index (κ1) is 26.6. The SMILES string of the molecule is COc1cc(O)c2c3c1C[C@@H]1[C@@H]4CC[C@H](N[C@@H](C(=O)O)C(C)C)[C@H](O2)[C@]34CCN1CC1CC1.Cl.Cl. The Balaban J connectivity index is 0.00000144. The Morgan fingerprint density at radius 1 is 1.29 bits per heavy atom. The number of benzene rings is 1. The van der Waals surface area contributed by atoms with Crippen molar-refractivity contribution in [1.82, 2.24) is 10.2 Å². The van der Waals surface area contributed by atoms with Gasteiger partial charge in [-0.05, 0) is 62.8 Å². The molecule has 2 saturated carbocycles. The lowest BCUT2D eigenvalue weighted by Gasteiger charge is -2.60. The largest absolute Gasteiger partial charge is 0.504 e. The van der Waals surface area contributed by atoms with Gasteiger partial charge >= 0.3 is 5.97 Å². The van der Waals surface area contributed by atoms with E-state index in [2.05, 4.69) is 10.2 Å². The molecule has 1 saturated heterocycles. The predicted octanol–water partition coefficient (Wildman–Crippen LogP) is 3.76. The number of hydrogen-bond donors (Lipinski definition) is 3. The smallest absolute Gasteiger partial charge is 0.320 e. The molecule has 35 heavy (non-hydrogen) atoms. The second-order valence-electron chi connectivity index (χ2n) is 11.3. The Kier molecular flexibility index (Phi) is 7.21. The summed E-state index contributed by atoms with van der Waals surface area (Å²) in [5.74, 6) is 1.97. The molecular formula is C26H38Cl2N2O5. The van der Waals surface area contributed by atoms with Gasteiger partial charge in [-0.15, -0.1) is 24.8 Å². The molecule has 2 bridgehead atoms. The highest BCUT2D eigenvalue weighted by molar-refractivity contribution is 5.85. The number of ether oxygens (including phenoxy) is 2. The zero-order valence-electron chi connectivity index (χ0n) is 20.7. The van der Waals surface area contributed by atoms with Crippen molar-refractivity contribution in [3.63, 3.8) is 0 Å². The average molecular weight is 530 g/mol. The van der Waals surface area contributed by atoms with E-state index in [9.17, 15) is 15.0 Å². The number of rotatable bonds is 7. The molecule has 9 heteroatoms. The second kappa shape index (κ2) is 9.47. The first-order valence-corrected chi connectivity index (χ1v) is 12.7. The van der Waals surface area contributed by atoms with Crippen LogP contribution in [0.2, 0.25) is 0 Å². The number of carbonyl (C=O) groups is 1. The van der Waals surface area contributed by atoms with Gasteiger partial charge in [0.1, 0.15) is 17.9 Å². The van der Waals surface area contributed by atoms with E-state index in [1.54, 1.807) is 13.2 Å². The third-order valence-electron chi connectivity index (χ3n) is 9.26. The van der Waals surface area contributed by atoms with Gasteiger partial charge in [0.25, 0.3) is 0 Å². The number of carboxylic acid groups (broad SMARTS) is 1. The van der Waals surface area contributed by atoms with Crippen molar-refractivity contribution in [2.75, 3.05) is 20.2 Å². The molecule has 1 aromatic rings. The van der Waals surface area contributed by atoms with Crippen molar-refractivity contribution in [1.29, 1.82) is 0 Å². The highest BCUT2D eigenvalue weighted by Gasteiger charge is 2.66. The van der Waals surface area contributed by atoms with E-state index in [0.717, 1.165) is 49.5 Å². The van der Waals surface area contributed by atoms with E-state index in [4.69, 9.17) is 9.47 Å². The number of hydrogen-bond acceptors (Lipinski definition) is 6. The van der Waals surface area contributed by atoms with Gasteiger partial charge < -0.3 is 19.7 Å². The monoisotopic (exact) mass is 528 g/mol. The number of halogens is 2. The topological polar surface area (TPSA) is 91.3 Å². The van der Waals surface area contributed by atoms with Gasteiger partial charge in [0.15, 0.2) is 11.5 Å². The molecule has 0 aromatic heterocycles. The van der Waals surface area contributed by atoms with Crippen LogP contribution in [-0.2, 0) is 16.6 Å². The quantitative estimate of drug-likeness (QED) is 0.496. The number of carboxylic acids is 1. The van der Waals surface area contributed by atoms with Crippen LogP contribution in [-0.4, -0.2) is 65.5 Å². The van der Waals surface area contributed by atoms with Gasteiger partial charge in [0, 0.05) is 41.2 Å². The maximum atomic E-state index is 12.0. The van der Waals surface area contributed by atoms with Crippen LogP contribution in [0.3, 0.4) is 0 Å². The van der Waals surface area contributed by atoms with Crippen molar-refractivity contribution in [2.24, 2.45) is 17.8 Å². The zero-order valence-corrected chi connectivity index (χ0v) is 22.3. The summed E-state index contributed by atoms with van der Waals surface area (Å²) in [6.45, 7) is 6.11. The summed E-state index contributed by atoms with van der Waals surface area (Å²) in [6, 6.07) is 1.47. The molecule has 2 aliphatic heterocycles. The van der Waals surface area contributed by atoms with Gasteiger partial charge in [-0.1, -0.05) is 13.8 Å². The minimum absolute atomic E-state index is 0. The molecule has 196 valence electrons. The van der Waals surface area contributed by atoms with Gasteiger partial charge in [0.05, 0.1) is 7.11 Å². The van der Waals surface area contributed by atoms with Crippen LogP contribution in [0.15, 0.2) is 6.07 Å². The standard InChI is InChI=1S/C26H36N2O5.2ClH/c1-13(2)22(25(30)31)27-17-7-6-16-18-10-15-20(32-3)11-19(29)23-21(15)26(16,24(17)33-23)8-9-28(18)12-14-4-5-14;;/h11,13-14,16-18,22,24,27,29H,4-10,12H2,1-3H3,(H,30,31);2*1H/t16-,17-,18+,22+,24-,26-;;/m0../s1. The van der Waals surface area contributed by atoms with E-state index < -0.39 is 12.0 Å². The molecule has 0 unspecified atom stereocenters. The predicted molar refractivity (Wildman–Crippen MR) is 138 cm³/mol. The number of aliphatic carboxylic acids is 1. The Morgan fingerprint density at radius 2 is 2.03 bits per heavy atom. The molecule has 7 nitrogen and oxygen atoms in total. The molecule has 0 amide bonds. The number of likely N-dealkylation sites (tertiary alicyclic amines) is 1. The van der Waals surface area contributed by atoms with E-state index in [0.29, 0.717) is 17.7 Å². The number of phenols is 1. The van der Waals surface area contributed by atoms with Crippen molar-refractivity contribution in [3.05, 3.63) is 17.2 Å². The van der Waals surface area contributed by atoms with Gasteiger partial charge in [0.2, 0.25) is 0 Å². The van der Waals surface area contributed by atoms with E-state index in [-0.39, 0.29) is 54.0 Å². The highest BCUT2D eigenvalue weighted by Crippen LogP contribution is 2.65. The molecule has 3 aliphatic carbocycles. The number of phenolic OH excluding ortho intramolecular Hbond substituents is 1. The summed E-state index contributed by atoms with van der Waals surface area (Å²) >= 11 is 0. The van der Waals surface area contributed by atoms with Crippen molar-refractivity contribution < 1.29 is 24.5 Å². The van der Waals surface area contributed by atoms with Crippen LogP contribution in [0.25, 0.3) is 0 Å². The number of nitrogens with zero attached hydrogens (tertiary/aromatic N) is 1. The highest BCUT2D eigenvalue weighted by atomic mass is 35.5. The van der Waals surface area contributed by atoms with E-state index in [1.807, 2.05) is 13.8 Å². The lowest BCUT2D eigenvalue weighted by Crippen LogP contribution is -2.69. The second-order valence-corrected chi connectivity index (χ2v) is 11.3. The maximum absolute atomic E-state index is 12.0. The average Bonchev–Trinajstić information content (AvgIpc) is 3.52. The summed E-state index contributed by atoms with van der Waals surface area (Å²) in [5, 5.41) is 24.2. The lowest BCUT2D eigenvalue weighted by molar-refractivity contribution is -0.141. The molecule has 3 N–H and O–H groups in total. The van der Waals surface area contributed by atoms with Gasteiger partial charge in [-0.25, -0.2) is 0 Å². The Hall–Kier alpha value is -1.41. The third-order valence-corrected chi connectivity index (χ3v) is 9.26. The number of piperidine rings is 1. The fourth-order valence-corrected chi connectivity index (χ4v) is 7.67. The summed E-state index contributed by atoms with van der Waals surface area (Å²) in [4.78, 5) is 14.7. The minimum atomic E-state index is -0.814. The summed E-state index contributed by atoms with van der Waals surface area (Å²) in [6.07, 6.45) is 6.38. The van der Waals surface area contributed by atoms with Crippen LogP contribution in [0.1, 0.15) is 57.1 Å². The van der Waals surface area contributed by atoms with Crippen molar-refractivity contribution >= 4 is 30.8 Å². The number of aromatic hydroxyl groups is 1. The molecule has 6 atom stereocenters. The molecule has 1 aromatic carbocycles. The fraction of sp³-hybridized carbons (Fsp3) is 0.731. The van der Waals surface area contributed by atoms with Crippen molar-refractivity contribution in [2.45, 2.75) is 82.0 Å². The third kappa shape index (κ3) is 3.89. The van der Waals surface area contributed by atoms with E-state index >= 15 is 0 Å². The van der Waals surface area contributed by atoms with Gasteiger partial charge in [-0.3, -0.25) is 15.0 Å². The molecule has 2 heterocycles. The maximum Gasteiger partial charge on any atom is 0.320 e. The van der Waals surface area contributed by atoms with Crippen LogP contribution >= 0.6 is 24.8 Å².